The van der Waals surface area contributed by atoms with Crippen LogP contribution in [0.2, 0.25) is 0 Å². The zero-order valence-corrected chi connectivity index (χ0v) is 10.7. The first kappa shape index (κ1) is 11.3. The molecule has 1 aliphatic heterocycles. The Morgan fingerprint density at radius 1 is 1.11 bits per heavy atom. The highest BCUT2D eigenvalue weighted by molar-refractivity contribution is 5.98. The molecule has 0 radical (unpaired) electrons. The van der Waals surface area contributed by atoms with Gasteiger partial charge in [-0.2, -0.15) is 0 Å². The Kier molecular flexibility index (Phi) is 2.82. The lowest BCUT2D eigenvalue weighted by molar-refractivity contribution is 0.0724. The van der Waals surface area contributed by atoms with E-state index in [0.717, 1.165) is 37.0 Å². The predicted octanol–water partition coefficient (Wildman–Crippen LogP) is 2.80. The van der Waals surface area contributed by atoms with E-state index < -0.39 is 0 Å². The van der Waals surface area contributed by atoms with Crippen LogP contribution in [0, 0.1) is 0 Å². The van der Waals surface area contributed by atoms with Crippen LogP contribution in [0.1, 0.15) is 29.6 Å². The average Bonchev–Trinajstić information content (AvgIpc) is 2.80. The predicted molar refractivity (Wildman–Crippen MR) is 72.7 cm³/mol. The lowest BCUT2D eigenvalue weighted by Crippen LogP contribution is -2.35. The fourth-order valence-electron chi connectivity index (χ4n) is 2.68. The van der Waals surface area contributed by atoms with E-state index in [0.29, 0.717) is 0 Å². The van der Waals surface area contributed by atoms with E-state index in [-0.39, 0.29) is 5.91 Å². The Balaban J connectivity index is 1.93. The van der Waals surface area contributed by atoms with Crippen molar-refractivity contribution in [3.05, 3.63) is 36.0 Å². The molecule has 18 heavy (non-hydrogen) atoms. The van der Waals surface area contributed by atoms with Gasteiger partial charge in [-0.25, -0.2) is 0 Å². The number of likely N-dealkylation sites (tertiary alicyclic amines) is 1. The van der Waals surface area contributed by atoms with Crippen molar-refractivity contribution in [2.45, 2.75) is 19.3 Å². The van der Waals surface area contributed by atoms with Crippen LogP contribution in [0.5, 0.6) is 0 Å². The van der Waals surface area contributed by atoms with E-state index in [1.54, 1.807) is 0 Å². The topological polar surface area (TPSA) is 25.2 Å². The van der Waals surface area contributed by atoms with Gasteiger partial charge in [0.25, 0.3) is 5.91 Å². The van der Waals surface area contributed by atoms with Gasteiger partial charge in [-0.05, 0) is 42.8 Å². The van der Waals surface area contributed by atoms with Crippen LogP contribution in [0.25, 0.3) is 10.9 Å². The normalized spacial score (nSPS) is 16.2. The summed E-state index contributed by atoms with van der Waals surface area (Å²) >= 11 is 0. The van der Waals surface area contributed by atoms with Gasteiger partial charge in [-0.1, -0.05) is 6.07 Å². The van der Waals surface area contributed by atoms with E-state index in [2.05, 4.69) is 10.6 Å². The molecular formula is C15H18N2O. The van der Waals surface area contributed by atoms with Crippen molar-refractivity contribution in [1.82, 2.24) is 9.47 Å². The highest BCUT2D eigenvalue weighted by atomic mass is 16.2. The second-order valence-corrected chi connectivity index (χ2v) is 5.05. The second-order valence-electron chi connectivity index (χ2n) is 5.05. The minimum Gasteiger partial charge on any atom is -0.351 e. The number of aryl methyl sites for hydroxylation is 1. The number of carbonyl (C=O) groups excluding carboxylic acids is 1. The van der Waals surface area contributed by atoms with Crippen molar-refractivity contribution in [2.24, 2.45) is 7.05 Å². The van der Waals surface area contributed by atoms with Crippen molar-refractivity contribution in [3.63, 3.8) is 0 Å². The molecule has 0 atom stereocenters. The van der Waals surface area contributed by atoms with Gasteiger partial charge >= 0.3 is 0 Å². The minimum absolute atomic E-state index is 0.179. The van der Waals surface area contributed by atoms with Gasteiger partial charge in [-0.3, -0.25) is 4.79 Å². The largest absolute Gasteiger partial charge is 0.351 e. The van der Waals surface area contributed by atoms with E-state index >= 15 is 0 Å². The lowest BCUT2D eigenvalue weighted by Gasteiger charge is -2.26. The first-order valence-corrected chi connectivity index (χ1v) is 6.60. The molecule has 3 nitrogen and oxygen atoms in total. The minimum atomic E-state index is 0.179. The molecular weight excluding hydrogens is 224 g/mol. The monoisotopic (exact) mass is 242 g/mol. The van der Waals surface area contributed by atoms with Crippen LogP contribution in [-0.4, -0.2) is 28.5 Å². The Labute approximate surface area is 107 Å². The first-order valence-electron chi connectivity index (χ1n) is 6.60. The highest BCUT2D eigenvalue weighted by Crippen LogP contribution is 2.19. The molecule has 1 fully saturated rings. The number of hydrogen-bond acceptors (Lipinski definition) is 1. The van der Waals surface area contributed by atoms with E-state index in [1.165, 1.54) is 11.8 Å². The van der Waals surface area contributed by atoms with Gasteiger partial charge in [-0.15, -0.1) is 0 Å². The number of fused-ring (bicyclic) bond motifs is 1. The Hall–Kier alpha value is -1.77. The molecule has 1 amide bonds. The van der Waals surface area contributed by atoms with E-state index in [1.807, 2.05) is 36.3 Å². The number of rotatable bonds is 1. The number of aromatic nitrogens is 1. The van der Waals surface area contributed by atoms with Crippen molar-refractivity contribution in [2.75, 3.05) is 13.1 Å². The first-order chi connectivity index (χ1) is 8.75. The number of hydrogen-bond donors (Lipinski definition) is 0. The second kappa shape index (κ2) is 4.48. The third kappa shape index (κ3) is 1.90. The summed E-state index contributed by atoms with van der Waals surface area (Å²) in [4.78, 5) is 14.4. The molecule has 0 N–H and O–H groups in total. The zero-order chi connectivity index (χ0) is 12.5. The molecule has 94 valence electrons. The maximum atomic E-state index is 12.4. The third-order valence-corrected chi connectivity index (χ3v) is 3.78. The molecule has 0 unspecified atom stereocenters. The summed E-state index contributed by atoms with van der Waals surface area (Å²) in [6.07, 6.45) is 5.55. The summed E-state index contributed by atoms with van der Waals surface area (Å²) in [6, 6.07) is 8.06. The fraction of sp³-hybridized carbons (Fsp3) is 0.400. The molecule has 3 rings (SSSR count). The molecule has 0 bridgehead atoms. The maximum Gasteiger partial charge on any atom is 0.253 e. The van der Waals surface area contributed by atoms with Gasteiger partial charge < -0.3 is 9.47 Å². The van der Waals surface area contributed by atoms with Gasteiger partial charge in [0.2, 0.25) is 0 Å². The van der Waals surface area contributed by atoms with Crippen LogP contribution in [0.3, 0.4) is 0 Å². The number of amides is 1. The molecule has 0 aliphatic carbocycles. The zero-order valence-electron chi connectivity index (χ0n) is 10.7. The van der Waals surface area contributed by atoms with Crippen LogP contribution in [-0.2, 0) is 7.05 Å². The molecule has 1 aromatic carbocycles. The van der Waals surface area contributed by atoms with Crippen LogP contribution < -0.4 is 0 Å². The summed E-state index contributed by atoms with van der Waals surface area (Å²) < 4.78 is 2.06. The summed E-state index contributed by atoms with van der Waals surface area (Å²) in [7, 11) is 2.01. The van der Waals surface area contributed by atoms with Crippen molar-refractivity contribution in [1.29, 1.82) is 0 Å². The SMILES string of the molecule is Cn1ccc2ccc(C(=O)N3CCCCC3)cc21. The third-order valence-electron chi connectivity index (χ3n) is 3.78. The van der Waals surface area contributed by atoms with Gasteiger partial charge in [0.05, 0.1) is 0 Å². The van der Waals surface area contributed by atoms with Gasteiger partial charge in [0, 0.05) is 37.4 Å². The summed E-state index contributed by atoms with van der Waals surface area (Å²) in [5.74, 6) is 0.179. The van der Waals surface area contributed by atoms with Crippen LogP contribution in [0.4, 0.5) is 0 Å². The molecule has 2 heterocycles. The Morgan fingerprint density at radius 2 is 1.89 bits per heavy atom. The van der Waals surface area contributed by atoms with E-state index in [4.69, 9.17) is 0 Å². The molecule has 1 aromatic heterocycles. The Morgan fingerprint density at radius 3 is 2.67 bits per heavy atom. The van der Waals surface area contributed by atoms with Gasteiger partial charge in [0.1, 0.15) is 0 Å². The molecule has 0 saturated carbocycles. The van der Waals surface area contributed by atoms with Crippen molar-refractivity contribution >= 4 is 16.8 Å². The number of nitrogens with zero attached hydrogens (tertiary/aromatic N) is 2. The molecule has 1 aliphatic rings. The number of carbonyl (C=O) groups is 1. The molecule has 0 spiro atoms. The molecule has 3 heteroatoms. The summed E-state index contributed by atoms with van der Waals surface area (Å²) in [6.45, 7) is 1.81. The van der Waals surface area contributed by atoms with Crippen LogP contribution >= 0.6 is 0 Å². The number of piperidine rings is 1. The van der Waals surface area contributed by atoms with Crippen LogP contribution in [0.15, 0.2) is 30.5 Å². The number of benzene rings is 1. The average molecular weight is 242 g/mol. The Bertz CT molecular complexity index is 579. The fourth-order valence-corrected chi connectivity index (χ4v) is 2.68. The van der Waals surface area contributed by atoms with Crippen molar-refractivity contribution < 1.29 is 4.79 Å². The highest BCUT2D eigenvalue weighted by Gasteiger charge is 2.18. The summed E-state index contributed by atoms with van der Waals surface area (Å²) in [5.41, 5.74) is 1.93. The van der Waals surface area contributed by atoms with Gasteiger partial charge in [0.15, 0.2) is 0 Å². The van der Waals surface area contributed by atoms with Crippen molar-refractivity contribution in [3.8, 4) is 0 Å². The quantitative estimate of drug-likeness (QED) is 0.755. The molecule has 2 aromatic rings. The smallest absolute Gasteiger partial charge is 0.253 e. The maximum absolute atomic E-state index is 12.4. The molecule has 1 saturated heterocycles. The van der Waals surface area contributed by atoms with E-state index in [9.17, 15) is 4.79 Å². The standard InChI is InChI=1S/C15H18N2O/c1-16-10-7-12-5-6-13(11-14(12)16)15(18)17-8-3-2-4-9-17/h5-7,10-11H,2-4,8-9H2,1H3. The summed E-state index contributed by atoms with van der Waals surface area (Å²) in [5, 5.41) is 1.19. The lowest BCUT2D eigenvalue weighted by atomic mass is 10.1.